The van der Waals surface area contributed by atoms with Crippen LogP contribution in [-0.4, -0.2) is 24.0 Å². The molecule has 2 heterocycles. The van der Waals surface area contributed by atoms with E-state index < -0.39 is 0 Å². The van der Waals surface area contributed by atoms with Crippen LogP contribution in [-0.2, 0) is 17.6 Å². The molecule has 1 amide bonds. The molecule has 1 fully saturated rings. The fourth-order valence-corrected chi connectivity index (χ4v) is 3.98. The average Bonchev–Trinajstić information content (AvgIpc) is 2.79. The van der Waals surface area contributed by atoms with Crippen LogP contribution in [0.15, 0.2) is 73.1 Å². The highest BCUT2D eigenvalue weighted by molar-refractivity contribution is 5.92. The van der Waals surface area contributed by atoms with E-state index in [1.165, 1.54) is 6.07 Å². The molecule has 0 unspecified atom stereocenters. The fourth-order valence-electron chi connectivity index (χ4n) is 3.98. The lowest BCUT2D eigenvalue weighted by molar-refractivity contribution is -0.120. The zero-order chi connectivity index (χ0) is 20.8. The van der Waals surface area contributed by atoms with E-state index in [0.717, 1.165) is 61.3 Å². The van der Waals surface area contributed by atoms with Gasteiger partial charge >= 0.3 is 0 Å². The van der Waals surface area contributed by atoms with Gasteiger partial charge in [-0.15, -0.1) is 0 Å². The summed E-state index contributed by atoms with van der Waals surface area (Å²) in [5, 5.41) is 3.09. The van der Waals surface area contributed by atoms with E-state index in [1.807, 2.05) is 42.5 Å². The van der Waals surface area contributed by atoms with Gasteiger partial charge in [-0.1, -0.05) is 24.3 Å². The summed E-state index contributed by atoms with van der Waals surface area (Å²) >= 11 is 0. The molecule has 0 aliphatic carbocycles. The Balaban J connectivity index is 1.30. The Labute approximate surface area is 176 Å². The lowest BCUT2D eigenvalue weighted by Crippen LogP contribution is -2.38. The highest BCUT2D eigenvalue weighted by atomic mass is 19.1. The standard InChI is InChI=1S/C25H26FN3O/c26-22-5-1-3-19(17-22)7-8-20-4-2-6-23(18-20)28-25(30)21-11-15-29(16-12-21)24-9-13-27-14-10-24/h1-6,9-10,13-14,17-18,21H,7-8,11-12,15-16H2,(H,28,30). The van der Waals surface area contributed by atoms with Crippen molar-refractivity contribution in [2.75, 3.05) is 23.3 Å². The molecule has 0 radical (unpaired) electrons. The number of pyridine rings is 1. The molecule has 1 saturated heterocycles. The molecule has 0 spiro atoms. The first kappa shape index (κ1) is 20.1. The van der Waals surface area contributed by atoms with Gasteiger partial charge in [-0.05, 0) is 73.2 Å². The predicted octanol–water partition coefficient (Wildman–Crippen LogP) is 4.86. The summed E-state index contributed by atoms with van der Waals surface area (Å²) in [5.74, 6) is -0.0887. The molecule has 0 bridgehead atoms. The number of nitrogens with zero attached hydrogens (tertiary/aromatic N) is 2. The molecule has 4 nitrogen and oxygen atoms in total. The second-order valence-electron chi connectivity index (χ2n) is 7.79. The van der Waals surface area contributed by atoms with Crippen molar-refractivity contribution in [3.05, 3.63) is 90.0 Å². The Morgan fingerprint density at radius 2 is 1.63 bits per heavy atom. The van der Waals surface area contributed by atoms with Crippen LogP contribution < -0.4 is 10.2 Å². The monoisotopic (exact) mass is 403 g/mol. The van der Waals surface area contributed by atoms with Crippen LogP contribution >= 0.6 is 0 Å². The SMILES string of the molecule is O=C(Nc1cccc(CCc2cccc(F)c2)c1)C1CCN(c2ccncc2)CC1. The summed E-state index contributed by atoms with van der Waals surface area (Å²) < 4.78 is 13.3. The summed E-state index contributed by atoms with van der Waals surface area (Å²) in [7, 11) is 0. The van der Waals surface area contributed by atoms with Crippen LogP contribution in [0.5, 0.6) is 0 Å². The van der Waals surface area contributed by atoms with Crippen molar-refractivity contribution in [3.63, 3.8) is 0 Å². The molecule has 0 saturated carbocycles. The minimum absolute atomic E-state index is 0.0269. The van der Waals surface area contributed by atoms with E-state index in [9.17, 15) is 9.18 Å². The zero-order valence-corrected chi connectivity index (χ0v) is 16.9. The number of rotatable bonds is 6. The Morgan fingerprint density at radius 1 is 0.967 bits per heavy atom. The normalized spacial score (nSPS) is 14.5. The lowest BCUT2D eigenvalue weighted by atomic mass is 9.95. The third-order valence-electron chi connectivity index (χ3n) is 5.68. The van der Waals surface area contributed by atoms with E-state index in [0.29, 0.717) is 0 Å². The fraction of sp³-hybridized carbons (Fsp3) is 0.280. The molecule has 1 aliphatic heterocycles. The minimum Gasteiger partial charge on any atom is -0.371 e. The number of nitrogens with one attached hydrogen (secondary N) is 1. The second kappa shape index (κ2) is 9.53. The Hall–Kier alpha value is -3.21. The number of hydrogen-bond donors (Lipinski definition) is 1. The number of aryl methyl sites for hydroxylation is 2. The first-order valence-corrected chi connectivity index (χ1v) is 10.5. The van der Waals surface area contributed by atoms with E-state index in [-0.39, 0.29) is 17.6 Å². The van der Waals surface area contributed by atoms with Gasteiger partial charge < -0.3 is 10.2 Å². The molecule has 30 heavy (non-hydrogen) atoms. The van der Waals surface area contributed by atoms with Crippen molar-refractivity contribution in [1.82, 2.24) is 4.98 Å². The van der Waals surface area contributed by atoms with Crippen molar-refractivity contribution in [2.45, 2.75) is 25.7 Å². The van der Waals surface area contributed by atoms with Gasteiger partial charge in [0.25, 0.3) is 0 Å². The number of hydrogen-bond acceptors (Lipinski definition) is 3. The summed E-state index contributed by atoms with van der Waals surface area (Å²) in [6.45, 7) is 1.74. The third-order valence-corrected chi connectivity index (χ3v) is 5.68. The number of piperidine rings is 1. The maximum Gasteiger partial charge on any atom is 0.227 e. The molecule has 5 heteroatoms. The van der Waals surface area contributed by atoms with Crippen LogP contribution in [0.25, 0.3) is 0 Å². The number of carbonyl (C=O) groups is 1. The molecule has 1 N–H and O–H groups in total. The molecule has 4 rings (SSSR count). The maximum atomic E-state index is 13.3. The van der Waals surface area contributed by atoms with Gasteiger partial charge in [0.1, 0.15) is 5.82 Å². The van der Waals surface area contributed by atoms with Gasteiger partial charge in [0.2, 0.25) is 5.91 Å². The van der Waals surface area contributed by atoms with Crippen LogP contribution in [0.3, 0.4) is 0 Å². The number of carbonyl (C=O) groups excluding carboxylic acids is 1. The summed E-state index contributed by atoms with van der Waals surface area (Å²) in [5.41, 5.74) is 4.10. The zero-order valence-electron chi connectivity index (χ0n) is 16.9. The van der Waals surface area contributed by atoms with Crippen LogP contribution in [0, 0.1) is 11.7 Å². The van der Waals surface area contributed by atoms with E-state index in [2.05, 4.69) is 15.2 Å². The van der Waals surface area contributed by atoms with Crippen molar-refractivity contribution in [3.8, 4) is 0 Å². The molecule has 1 aliphatic rings. The number of amides is 1. The molecule has 0 atom stereocenters. The minimum atomic E-state index is -0.205. The topological polar surface area (TPSA) is 45.2 Å². The highest BCUT2D eigenvalue weighted by Crippen LogP contribution is 2.24. The van der Waals surface area contributed by atoms with Crippen LogP contribution in [0.4, 0.5) is 15.8 Å². The maximum absolute atomic E-state index is 13.3. The molecular weight excluding hydrogens is 377 g/mol. The predicted molar refractivity (Wildman–Crippen MR) is 118 cm³/mol. The van der Waals surface area contributed by atoms with Gasteiger partial charge in [0.15, 0.2) is 0 Å². The van der Waals surface area contributed by atoms with Crippen LogP contribution in [0.1, 0.15) is 24.0 Å². The van der Waals surface area contributed by atoms with Gasteiger partial charge in [-0.25, -0.2) is 4.39 Å². The molecule has 3 aromatic rings. The van der Waals surface area contributed by atoms with Crippen molar-refractivity contribution >= 4 is 17.3 Å². The van der Waals surface area contributed by atoms with Crippen molar-refractivity contribution < 1.29 is 9.18 Å². The summed E-state index contributed by atoms with van der Waals surface area (Å²) in [6, 6.07) is 18.7. The number of benzene rings is 2. The number of halogens is 1. The second-order valence-corrected chi connectivity index (χ2v) is 7.79. The largest absolute Gasteiger partial charge is 0.371 e. The van der Waals surface area contributed by atoms with Gasteiger partial charge in [-0.3, -0.25) is 9.78 Å². The third kappa shape index (κ3) is 5.23. The van der Waals surface area contributed by atoms with E-state index >= 15 is 0 Å². The Bertz CT molecular complexity index is 984. The van der Waals surface area contributed by atoms with Crippen molar-refractivity contribution in [1.29, 1.82) is 0 Å². The number of anilines is 2. The lowest BCUT2D eigenvalue weighted by Gasteiger charge is -2.32. The quantitative estimate of drug-likeness (QED) is 0.639. The Morgan fingerprint density at radius 3 is 2.33 bits per heavy atom. The smallest absolute Gasteiger partial charge is 0.227 e. The first-order chi connectivity index (χ1) is 14.7. The van der Waals surface area contributed by atoms with Gasteiger partial charge in [0.05, 0.1) is 0 Å². The van der Waals surface area contributed by atoms with E-state index in [4.69, 9.17) is 0 Å². The highest BCUT2D eigenvalue weighted by Gasteiger charge is 2.25. The molecule has 154 valence electrons. The van der Waals surface area contributed by atoms with Crippen molar-refractivity contribution in [2.24, 2.45) is 5.92 Å². The van der Waals surface area contributed by atoms with E-state index in [1.54, 1.807) is 24.5 Å². The summed E-state index contributed by atoms with van der Waals surface area (Å²) in [6.07, 6.45) is 6.85. The van der Waals surface area contributed by atoms with Gasteiger partial charge in [0, 0.05) is 42.8 Å². The number of aromatic nitrogens is 1. The summed E-state index contributed by atoms with van der Waals surface area (Å²) in [4.78, 5) is 19.1. The van der Waals surface area contributed by atoms with Crippen LogP contribution in [0.2, 0.25) is 0 Å². The average molecular weight is 404 g/mol. The Kier molecular flexibility index (Phi) is 6.38. The molecule has 2 aromatic carbocycles. The molecule has 1 aromatic heterocycles. The first-order valence-electron chi connectivity index (χ1n) is 10.5. The van der Waals surface area contributed by atoms with Gasteiger partial charge in [-0.2, -0.15) is 0 Å². The molecular formula is C25H26FN3O.